The van der Waals surface area contributed by atoms with Crippen molar-refractivity contribution in [3.8, 4) is 0 Å². The van der Waals surface area contributed by atoms with Crippen LogP contribution in [0.4, 0.5) is 5.69 Å². The van der Waals surface area contributed by atoms with E-state index < -0.39 is 0 Å². The first-order chi connectivity index (χ1) is 6.83. The molecule has 0 radical (unpaired) electrons. The number of nitrogens with zero attached hydrogens (tertiary/aromatic N) is 5. The summed E-state index contributed by atoms with van der Waals surface area (Å²) in [4.78, 5) is 2.73. The van der Waals surface area contributed by atoms with Crippen LogP contribution in [0, 0.1) is 0 Å². The number of rotatable bonds is 1. The number of hydrogen-bond donors (Lipinski definition) is 0. The van der Waals surface area contributed by atoms with Crippen molar-refractivity contribution in [3.05, 3.63) is 39.3 Å². The second-order valence-electron chi connectivity index (χ2n) is 2.56. The summed E-state index contributed by atoms with van der Waals surface area (Å²) in [5.41, 5.74) is 9.52. The van der Waals surface area contributed by atoms with Gasteiger partial charge < -0.3 is 0 Å². The third-order valence-electron chi connectivity index (χ3n) is 1.75. The van der Waals surface area contributed by atoms with Crippen molar-refractivity contribution in [2.24, 2.45) is 5.11 Å². The SMILES string of the molecule is [N-]=[N+]=Nc1cnnc2c(Br)cccc12. The monoisotopic (exact) mass is 249 g/mol. The Morgan fingerprint density at radius 1 is 1.43 bits per heavy atom. The molecule has 5 nitrogen and oxygen atoms in total. The lowest BCUT2D eigenvalue weighted by Gasteiger charge is -1.99. The maximum absolute atomic E-state index is 8.35. The molecule has 0 aliphatic carbocycles. The van der Waals surface area contributed by atoms with E-state index in [9.17, 15) is 0 Å². The molecule has 14 heavy (non-hydrogen) atoms. The fourth-order valence-corrected chi connectivity index (χ4v) is 1.61. The molecule has 1 aromatic heterocycles. The first kappa shape index (κ1) is 8.93. The largest absolute Gasteiger partial charge is 0.158 e. The van der Waals surface area contributed by atoms with Crippen LogP contribution in [0.25, 0.3) is 21.3 Å². The van der Waals surface area contributed by atoms with Crippen molar-refractivity contribution in [1.82, 2.24) is 10.2 Å². The normalized spacial score (nSPS) is 9.79. The van der Waals surface area contributed by atoms with E-state index >= 15 is 0 Å². The van der Waals surface area contributed by atoms with Crippen molar-refractivity contribution in [1.29, 1.82) is 0 Å². The van der Waals surface area contributed by atoms with Gasteiger partial charge >= 0.3 is 0 Å². The van der Waals surface area contributed by atoms with Crippen LogP contribution in [0.2, 0.25) is 0 Å². The van der Waals surface area contributed by atoms with Gasteiger partial charge in [0.15, 0.2) is 0 Å². The maximum atomic E-state index is 8.35. The third-order valence-corrected chi connectivity index (χ3v) is 2.39. The summed E-state index contributed by atoms with van der Waals surface area (Å²) in [5, 5.41) is 12.0. The highest BCUT2D eigenvalue weighted by Crippen LogP contribution is 2.28. The van der Waals surface area contributed by atoms with Gasteiger partial charge in [-0.1, -0.05) is 17.2 Å². The van der Waals surface area contributed by atoms with Crippen molar-refractivity contribution in [2.75, 3.05) is 0 Å². The molecular weight excluding hydrogens is 246 g/mol. The standard InChI is InChI=1S/C8H4BrN5/c9-6-3-1-2-5-7(12-14-10)4-11-13-8(5)6/h1-4H. The van der Waals surface area contributed by atoms with E-state index in [0.29, 0.717) is 11.2 Å². The molecule has 0 amide bonds. The zero-order valence-electron chi connectivity index (χ0n) is 6.92. The van der Waals surface area contributed by atoms with Crippen LogP contribution in [-0.4, -0.2) is 10.2 Å². The number of aromatic nitrogens is 2. The summed E-state index contributed by atoms with van der Waals surface area (Å²) in [5.74, 6) is 0. The molecule has 0 atom stereocenters. The predicted molar refractivity (Wildman–Crippen MR) is 56.0 cm³/mol. The fraction of sp³-hybridized carbons (Fsp3) is 0. The van der Waals surface area contributed by atoms with Crippen LogP contribution >= 0.6 is 15.9 Å². The van der Waals surface area contributed by atoms with E-state index in [1.807, 2.05) is 18.2 Å². The summed E-state index contributed by atoms with van der Waals surface area (Å²) in [6.07, 6.45) is 1.44. The number of hydrogen-bond acceptors (Lipinski definition) is 3. The van der Waals surface area contributed by atoms with Crippen LogP contribution in [0.1, 0.15) is 0 Å². The second kappa shape index (κ2) is 3.61. The molecule has 0 bridgehead atoms. The maximum Gasteiger partial charge on any atom is 0.108 e. The number of benzene rings is 1. The van der Waals surface area contributed by atoms with Crippen molar-refractivity contribution in [3.63, 3.8) is 0 Å². The Bertz CT molecular complexity index is 532. The lowest BCUT2D eigenvalue weighted by molar-refractivity contribution is 1.07. The van der Waals surface area contributed by atoms with Gasteiger partial charge in [0.2, 0.25) is 0 Å². The zero-order valence-corrected chi connectivity index (χ0v) is 8.51. The summed E-state index contributed by atoms with van der Waals surface area (Å²) >= 11 is 3.34. The molecule has 2 rings (SSSR count). The topological polar surface area (TPSA) is 74.5 Å². The molecule has 0 spiro atoms. The Balaban J connectivity index is 2.87. The van der Waals surface area contributed by atoms with Gasteiger partial charge in [0.05, 0.1) is 11.9 Å². The molecule has 0 unspecified atom stereocenters. The van der Waals surface area contributed by atoms with Gasteiger partial charge in [0.25, 0.3) is 0 Å². The van der Waals surface area contributed by atoms with Gasteiger partial charge in [-0.15, -0.1) is 5.10 Å². The van der Waals surface area contributed by atoms with Gasteiger partial charge in [-0.3, -0.25) is 0 Å². The summed E-state index contributed by atoms with van der Waals surface area (Å²) in [7, 11) is 0. The van der Waals surface area contributed by atoms with Gasteiger partial charge in [0.1, 0.15) is 5.52 Å². The van der Waals surface area contributed by atoms with E-state index in [4.69, 9.17) is 5.53 Å². The Morgan fingerprint density at radius 3 is 3.07 bits per heavy atom. The lowest BCUT2D eigenvalue weighted by atomic mass is 10.2. The highest BCUT2D eigenvalue weighted by atomic mass is 79.9. The summed E-state index contributed by atoms with van der Waals surface area (Å²) < 4.78 is 0.831. The summed E-state index contributed by atoms with van der Waals surface area (Å²) in [6.45, 7) is 0. The average molecular weight is 250 g/mol. The number of halogens is 1. The molecule has 0 saturated heterocycles. The number of fused-ring (bicyclic) bond motifs is 1. The zero-order chi connectivity index (χ0) is 9.97. The lowest BCUT2D eigenvalue weighted by Crippen LogP contribution is -1.84. The molecule has 6 heteroatoms. The molecule has 1 aromatic carbocycles. The molecule has 1 heterocycles. The third kappa shape index (κ3) is 1.41. The first-order valence-electron chi connectivity index (χ1n) is 3.78. The van der Waals surface area contributed by atoms with Gasteiger partial charge in [-0.05, 0) is 27.5 Å². The molecule has 0 aliphatic rings. The summed E-state index contributed by atoms with van der Waals surface area (Å²) in [6, 6.07) is 5.54. The van der Waals surface area contributed by atoms with Crippen LogP contribution in [0.3, 0.4) is 0 Å². The minimum absolute atomic E-state index is 0.485. The van der Waals surface area contributed by atoms with Gasteiger partial charge in [-0.25, -0.2) is 0 Å². The van der Waals surface area contributed by atoms with Crippen molar-refractivity contribution in [2.45, 2.75) is 0 Å². The second-order valence-corrected chi connectivity index (χ2v) is 3.41. The van der Waals surface area contributed by atoms with E-state index in [2.05, 4.69) is 36.2 Å². The van der Waals surface area contributed by atoms with Crippen molar-refractivity contribution >= 4 is 32.5 Å². The highest BCUT2D eigenvalue weighted by molar-refractivity contribution is 9.10. The van der Waals surface area contributed by atoms with E-state index in [1.54, 1.807) is 0 Å². The van der Waals surface area contributed by atoms with Crippen LogP contribution in [0.15, 0.2) is 34.0 Å². The minimum Gasteiger partial charge on any atom is -0.158 e. The highest BCUT2D eigenvalue weighted by Gasteiger charge is 2.03. The quantitative estimate of drug-likeness (QED) is 0.442. The van der Waals surface area contributed by atoms with Crippen molar-refractivity contribution < 1.29 is 0 Å². The molecular formula is C8H4BrN5. The Labute approximate surface area is 87.5 Å². The molecule has 0 saturated carbocycles. The molecule has 2 aromatic rings. The molecule has 0 N–H and O–H groups in total. The van der Waals surface area contributed by atoms with E-state index in [0.717, 1.165) is 9.86 Å². The van der Waals surface area contributed by atoms with Gasteiger partial charge in [-0.2, -0.15) is 5.10 Å². The van der Waals surface area contributed by atoms with Gasteiger partial charge in [0, 0.05) is 14.8 Å². The Hall–Kier alpha value is -1.65. The average Bonchev–Trinajstić information content (AvgIpc) is 2.20. The smallest absolute Gasteiger partial charge is 0.108 e. The Kier molecular flexibility index (Phi) is 2.30. The Morgan fingerprint density at radius 2 is 2.29 bits per heavy atom. The van der Waals surface area contributed by atoms with E-state index in [1.165, 1.54) is 6.20 Å². The van der Waals surface area contributed by atoms with Crippen LogP contribution < -0.4 is 0 Å². The molecule has 0 fully saturated rings. The minimum atomic E-state index is 0.485. The van der Waals surface area contributed by atoms with Crippen LogP contribution in [-0.2, 0) is 0 Å². The molecule has 0 aliphatic heterocycles. The predicted octanol–water partition coefficient (Wildman–Crippen LogP) is 3.33. The van der Waals surface area contributed by atoms with Crippen LogP contribution in [0.5, 0.6) is 0 Å². The number of azide groups is 1. The molecule has 68 valence electrons. The fourth-order valence-electron chi connectivity index (χ4n) is 1.16. The first-order valence-corrected chi connectivity index (χ1v) is 4.57. The van der Waals surface area contributed by atoms with E-state index in [-0.39, 0.29) is 0 Å².